The summed E-state index contributed by atoms with van der Waals surface area (Å²) in [6.45, 7) is 3.58. The van der Waals surface area contributed by atoms with Crippen LogP contribution in [-0.2, 0) is 0 Å². The fourth-order valence-corrected chi connectivity index (χ4v) is 3.15. The number of para-hydroxylation sites is 1. The van der Waals surface area contributed by atoms with Gasteiger partial charge in [-0.15, -0.1) is 0 Å². The number of nitro groups is 1. The zero-order valence-corrected chi connectivity index (χ0v) is 15.8. The molecule has 0 aliphatic rings. The van der Waals surface area contributed by atoms with Crippen molar-refractivity contribution < 1.29 is 14.1 Å². The van der Waals surface area contributed by atoms with Gasteiger partial charge >= 0.3 is 0 Å². The average Bonchev–Trinajstić information content (AvgIpc) is 3.14. The smallest absolute Gasteiger partial charge is 0.293 e. The fraction of sp³-hybridized carbons (Fsp3) is 0.0909. The van der Waals surface area contributed by atoms with Crippen LogP contribution in [0.5, 0.6) is 0 Å². The molecule has 7 nitrogen and oxygen atoms in total. The standard InChI is InChI=1S/C22H17N3O4/c1-13-7-9-18(20(11-13)25(27)28)24-22(26)16-12-19(21-10-8-14(2)29-21)23-17-6-4-3-5-15(16)17/h3-12H,1-2H3,(H,24,26). The number of aromatic nitrogens is 1. The second kappa shape index (κ2) is 7.20. The highest BCUT2D eigenvalue weighted by molar-refractivity contribution is 6.13. The van der Waals surface area contributed by atoms with Crippen molar-refractivity contribution in [2.24, 2.45) is 0 Å². The Morgan fingerprint density at radius 3 is 2.59 bits per heavy atom. The first-order valence-electron chi connectivity index (χ1n) is 8.95. The van der Waals surface area contributed by atoms with Gasteiger partial charge in [-0.25, -0.2) is 4.98 Å². The number of benzene rings is 2. The van der Waals surface area contributed by atoms with Gasteiger partial charge < -0.3 is 9.73 Å². The number of nitro benzene ring substituents is 1. The third-order valence-electron chi connectivity index (χ3n) is 4.55. The molecule has 0 atom stereocenters. The number of pyridine rings is 1. The monoisotopic (exact) mass is 387 g/mol. The maximum atomic E-state index is 13.1. The normalized spacial score (nSPS) is 10.8. The molecule has 2 heterocycles. The summed E-state index contributed by atoms with van der Waals surface area (Å²) in [7, 11) is 0. The van der Waals surface area contributed by atoms with Crippen LogP contribution >= 0.6 is 0 Å². The van der Waals surface area contributed by atoms with Crippen molar-refractivity contribution in [3.8, 4) is 11.5 Å². The molecule has 2 aromatic carbocycles. The quantitative estimate of drug-likeness (QED) is 0.380. The van der Waals surface area contributed by atoms with Crippen LogP contribution in [0.1, 0.15) is 21.7 Å². The molecule has 0 saturated carbocycles. The molecule has 144 valence electrons. The van der Waals surface area contributed by atoms with Crippen LogP contribution in [-0.4, -0.2) is 15.8 Å². The van der Waals surface area contributed by atoms with Gasteiger partial charge in [0.05, 0.1) is 16.0 Å². The van der Waals surface area contributed by atoms with E-state index in [1.165, 1.54) is 12.1 Å². The summed E-state index contributed by atoms with van der Waals surface area (Å²) >= 11 is 0. The fourth-order valence-electron chi connectivity index (χ4n) is 3.15. The molecule has 0 unspecified atom stereocenters. The number of amides is 1. The molecule has 0 aliphatic heterocycles. The largest absolute Gasteiger partial charge is 0.460 e. The van der Waals surface area contributed by atoms with Gasteiger partial charge in [0.15, 0.2) is 5.76 Å². The van der Waals surface area contributed by atoms with Gasteiger partial charge in [0.25, 0.3) is 11.6 Å². The predicted molar refractivity (Wildman–Crippen MR) is 110 cm³/mol. The van der Waals surface area contributed by atoms with E-state index < -0.39 is 10.8 Å². The number of carbonyl (C=O) groups is 1. The number of aryl methyl sites for hydroxylation is 2. The zero-order valence-electron chi connectivity index (χ0n) is 15.8. The average molecular weight is 387 g/mol. The van der Waals surface area contributed by atoms with Crippen molar-refractivity contribution in [2.45, 2.75) is 13.8 Å². The molecule has 1 amide bonds. The summed E-state index contributed by atoms with van der Waals surface area (Å²) in [6.07, 6.45) is 0. The Balaban J connectivity index is 1.81. The lowest BCUT2D eigenvalue weighted by Gasteiger charge is -2.10. The molecule has 7 heteroatoms. The van der Waals surface area contributed by atoms with Crippen molar-refractivity contribution in [1.29, 1.82) is 0 Å². The molecule has 0 fully saturated rings. The maximum absolute atomic E-state index is 13.1. The number of nitrogens with zero attached hydrogens (tertiary/aromatic N) is 2. The minimum Gasteiger partial charge on any atom is -0.460 e. The Kier molecular flexibility index (Phi) is 4.56. The van der Waals surface area contributed by atoms with Gasteiger partial charge in [-0.05, 0) is 49.7 Å². The topological polar surface area (TPSA) is 98.3 Å². The van der Waals surface area contributed by atoms with Crippen LogP contribution in [0.15, 0.2) is 65.1 Å². The SMILES string of the molecule is Cc1ccc(NC(=O)c2cc(-c3ccc(C)o3)nc3ccccc23)c([N+](=O)[O-])c1. The number of hydrogen-bond donors (Lipinski definition) is 1. The van der Waals surface area contributed by atoms with Gasteiger partial charge in [-0.1, -0.05) is 24.3 Å². The minimum absolute atomic E-state index is 0.141. The lowest BCUT2D eigenvalue weighted by Crippen LogP contribution is -2.14. The van der Waals surface area contributed by atoms with Crippen molar-refractivity contribution in [2.75, 3.05) is 5.32 Å². The van der Waals surface area contributed by atoms with Gasteiger partial charge in [0.1, 0.15) is 17.1 Å². The van der Waals surface area contributed by atoms with Crippen LogP contribution < -0.4 is 5.32 Å². The molecule has 0 aliphatic carbocycles. The Labute approximate surface area is 166 Å². The number of nitrogens with one attached hydrogen (secondary N) is 1. The van der Waals surface area contributed by atoms with Crippen molar-refractivity contribution >= 4 is 28.2 Å². The highest BCUT2D eigenvalue weighted by Gasteiger charge is 2.20. The minimum atomic E-state index is -0.510. The molecule has 0 bridgehead atoms. The highest BCUT2D eigenvalue weighted by Crippen LogP contribution is 2.29. The first-order chi connectivity index (χ1) is 13.9. The number of fused-ring (bicyclic) bond motifs is 1. The number of carbonyl (C=O) groups excluding carboxylic acids is 1. The van der Waals surface area contributed by atoms with Crippen LogP contribution in [0.4, 0.5) is 11.4 Å². The van der Waals surface area contributed by atoms with E-state index in [1.54, 1.807) is 37.3 Å². The van der Waals surface area contributed by atoms with Crippen LogP contribution in [0.25, 0.3) is 22.4 Å². The first-order valence-corrected chi connectivity index (χ1v) is 8.95. The third kappa shape index (κ3) is 3.58. The molecule has 1 N–H and O–H groups in total. The molecule has 4 aromatic rings. The van der Waals surface area contributed by atoms with E-state index in [2.05, 4.69) is 10.3 Å². The van der Waals surface area contributed by atoms with Crippen LogP contribution in [0, 0.1) is 24.0 Å². The summed E-state index contributed by atoms with van der Waals surface area (Å²) in [5.41, 5.74) is 2.22. The number of anilines is 1. The molecule has 0 radical (unpaired) electrons. The maximum Gasteiger partial charge on any atom is 0.293 e. The summed E-state index contributed by atoms with van der Waals surface area (Å²) < 4.78 is 5.65. The Bertz CT molecular complexity index is 1260. The Morgan fingerprint density at radius 1 is 1.07 bits per heavy atom. The van der Waals surface area contributed by atoms with E-state index in [0.29, 0.717) is 27.9 Å². The summed E-state index contributed by atoms with van der Waals surface area (Å²) in [5.74, 6) is 0.819. The van der Waals surface area contributed by atoms with E-state index in [9.17, 15) is 14.9 Å². The molecular weight excluding hydrogens is 370 g/mol. The summed E-state index contributed by atoms with van der Waals surface area (Å²) in [4.78, 5) is 28.5. The molecule has 2 aromatic heterocycles. The lowest BCUT2D eigenvalue weighted by molar-refractivity contribution is -0.384. The number of furan rings is 1. The lowest BCUT2D eigenvalue weighted by atomic mass is 10.1. The number of rotatable bonds is 4. The zero-order chi connectivity index (χ0) is 20.5. The molecule has 29 heavy (non-hydrogen) atoms. The van der Waals surface area contributed by atoms with E-state index in [0.717, 1.165) is 11.3 Å². The predicted octanol–water partition coefficient (Wildman–Crippen LogP) is 5.27. The molecular formula is C22H17N3O4. The van der Waals surface area contributed by atoms with Crippen LogP contribution in [0.2, 0.25) is 0 Å². The van der Waals surface area contributed by atoms with Gasteiger partial charge in [0.2, 0.25) is 0 Å². The van der Waals surface area contributed by atoms with Crippen LogP contribution in [0.3, 0.4) is 0 Å². The van der Waals surface area contributed by atoms with E-state index >= 15 is 0 Å². The van der Waals surface area contributed by atoms with Gasteiger partial charge in [-0.2, -0.15) is 0 Å². The van der Waals surface area contributed by atoms with Gasteiger partial charge in [0, 0.05) is 11.5 Å². The van der Waals surface area contributed by atoms with E-state index in [-0.39, 0.29) is 11.4 Å². The van der Waals surface area contributed by atoms with Gasteiger partial charge in [-0.3, -0.25) is 14.9 Å². The van der Waals surface area contributed by atoms with Crippen molar-refractivity contribution in [1.82, 2.24) is 4.98 Å². The first kappa shape index (κ1) is 18.4. The summed E-state index contributed by atoms with van der Waals surface area (Å²) in [6, 6.07) is 17.2. The third-order valence-corrected chi connectivity index (χ3v) is 4.55. The molecule has 4 rings (SSSR count). The summed E-state index contributed by atoms with van der Waals surface area (Å²) in [5, 5.41) is 14.7. The second-order valence-corrected chi connectivity index (χ2v) is 6.71. The Hall–Kier alpha value is -4.00. The second-order valence-electron chi connectivity index (χ2n) is 6.71. The van der Waals surface area contributed by atoms with Crippen molar-refractivity contribution in [3.05, 3.63) is 87.7 Å². The molecule has 0 saturated heterocycles. The van der Waals surface area contributed by atoms with Crippen molar-refractivity contribution in [3.63, 3.8) is 0 Å². The van der Waals surface area contributed by atoms with E-state index in [1.807, 2.05) is 25.1 Å². The Morgan fingerprint density at radius 2 is 1.86 bits per heavy atom. The highest BCUT2D eigenvalue weighted by atomic mass is 16.6. The van der Waals surface area contributed by atoms with E-state index in [4.69, 9.17) is 4.42 Å². The molecule has 0 spiro atoms. The number of hydrogen-bond acceptors (Lipinski definition) is 5.